The van der Waals surface area contributed by atoms with E-state index < -0.39 is 0 Å². The normalized spacial score (nSPS) is 18.1. The van der Waals surface area contributed by atoms with Crippen LogP contribution in [0.5, 0.6) is 0 Å². The van der Waals surface area contributed by atoms with Gasteiger partial charge in [-0.15, -0.1) is 0 Å². The Morgan fingerprint density at radius 3 is 2.82 bits per heavy atom. The Bertz CT molecular complexity index is 1220. The summed E-state index contributed by atoms with van der Waals surface area (Å²) < 4.78 is 7.84. The quantitative estimate of drug-likeness (QED) is 0.325. The van der Waals surface area contributed by atoms with Crippen LogP contribution in [0.4, 0.5) is 11.6 Å². The van der Waals surface area contributed by atoms with Crippen molar-refractivity contribution in [3.8, 4) is 0 Å². The van der Waals surface area contributed by atoms with Gasteiger partial charge in [0.25, 0.3) is 0 Å². The summed E-state index contributed by atoms with van der Waals surface area (Å²) in [6.45, 7) is 7.76. The van der Waals surface area contributed by atoms with Gasteiger partial charge in [-0.25, -0.2) is 9.50 Å². The molecule has 0 aromatic carbocycles. The third kappa shape index (κ3) is 5.18. The lowest BCUT2D eigenvalue weighted by Crippen LogP contribution is -2.52. The van der Waals surface area contributed by atoms with Crippen molar-refractivity contribution in [2.24, 2.45) is 10.7 Å². The van der Waals surface area contributed by atoms with E-state index >= 15 is 0 Å². The summed E-state index contributed by atoms with van der Waals surface area (Å²) in [6.07, 6.45) is 5.69. The lowest BCUT2D eigenvalue weighted by atomic mass is 10.0. The monoisotopic (exact) mass is 464 g/mol. The summed E-state index contributed by atoms with van der Waals surface area (Å²) in [5.41, 5.74) is 10.1. The van der Waals surface area contributed by atoms with Crippen LogP contribution in [-0.2, 0) is 4.74 Å². The lowest BCUT2D eigenvalue weighted by molar-refractivity contribution is 0.00267. The number of pyridine rings is 1. The summed E-state index contributed by atoms with van der Waals surface area (Å²) in [6, 6.07) is 6.12. The van der Waals surface area contributed by atoms with Crippen LogP contribution in [0, 0.1) is 13.8 Å². The van der Waals surface area contributed by atoms with Crippen LogP contribution >= 0.6 is 0 Å². The predicted molar refractivity (Wildman–Crippen MR) is 132 cm³/mol. The van der Waals surface area contributed by atoms with E-state index in [1.165, 1.54) is 6.20 Å². The standard InChI is InChI=1S/C24H32N8O2/c1-15(33)13-31-7-6-19(31)14-34-21(11-25)24(26-4)18-5-8-32-20(9-18)10-22(30-32)29-23-12-27-16(2)17(3)28-23/h5,8-12,15,19,33H,6-7,13-14,25H2,1-4H3,(H,28,29,30)/b21-11-,26-24?/t15-,19+/m0/s1. The molecule has 0 bridgehead atoms. The number of β-amino-alcohol motifs (C(OH)–C–C–N with tert-alkyl or cyclic N) is 1. The van der Waals surface area contributed by atoms with Crippen molar-refractivity contribution in [3.05, 3.63) is 59.5 Å². The predicted octanol–water partition coefficient (Wildman–Crippen LogP) is 2.18. The minimum atomic E-state index is -0.357. The van der Waals surface area contributed by atoms with Gasteiger partial charge in [-0.2, -0.15) is 5.10 Å². The van der Waals surface area contributed by atoms with E-state index in [9.17, 15) is 5.11 Å². The maximum atomic E-state index is 9.65. The highest BCUT2D eigenvalue weighted by Gasteiger charge is 2.29. The second kappa shape index (κ2) is 10.2. The zero-order valence-electron chi connectivity index (χ0n) is 20.1. The summed E-state index contributed by atoms with van der Waals surface area (Å²) in [5.74, 6) is 1.84. The molecule has 1 fully saturated rings. The van der Waals surface area contributed by atoms with E-state index in [-0.39, 0.29) is 12.1 Å². The molecule has 10 nitrogen and oxygen atoms in total. The highest BCUT2D eigenvalue weighted by Crippen LogP contribution is 2.22. The third-order valence-electron chi connectivity index (χ3n) is 5.99. The second-order valence-electron chi connectivity index (χ2n) is 8.57. The summed E-state index contributed by atoms with van der Waals surface area (Å²) >= 11 is 0. The molecular formula is C24H32N8O2. The maximum absolute atomic E-state index is 9.65. The largest absolute Gasteiger partial charge is 0.488 e. The molecule has 1 aliphatic rings. The summed E-state index contributed by atoms with van der Waals surface area (Å²) in [4.78, 5) is 15.5. The molecule has 4 heterocycles. The van der Waals surface area contributed by atoms with Crippen molar-refractivity contribution < 1.29 is 9.84 Å². The van der Waals surface area contributed by atoms with Crippen LogP contribution < -0.4 is 11.1 Å². The molecule has 4 N–H and O–H groups in total. The number of rotatable bonds is 9. The average molecular weight is 465 g/mol. The number of aliphatic hydroxyl groups excluding tert-OH is 1. The Labute approximate surface area is 199 Å². The van der Waals surface area contributed by atoms with Crippen molar-refractivity contribution in [2.75, 3.05) is 32.1 Å². The Balaban J connectivity index is 1.47. The number of likely N-dealkylation sites (tertiary alicyclic amines) is 1. The van der Waals surface area contributed by atoms with E-state index in [2.05, 4.69) is 30.3 Å². The first-order valence-corrected chi connectivity index (χ1v) is 11.4. The summed E-state index contributed by atoms with van der Waals surface area (Å²) in [7, 11) is 1.72. The fourth-order valence-corrected chi connectivity index (χ4v) is 3.96. The molecule has 1 saturated heterocycles. The highest BCUT2D eigenvalue weighted by atomic mass is 16.5. The number of fused-ring (bicyclic) bond motifs is 1. The maximum Gasteiger partial charge on any atom is 0.160 e. The van der Waals surface area contributed by atoms with Gasteiger partial charge < -0.3 is 20.9 Å². The molecule has 0 spiro atoms. The van der Waals surface area contributed by atoms with Crippen LogP contribution in [0.25, 0.3) is 5.52 Å². The molecule has 2 atom stereocenters. The molecule has 0 aliphatic carbocycles. The molecular weight excluding hydrogens is 432 g/mol. The van der Waals surface area contributed by atoms with Crippen LogP contribution in [-0.4, -0.2) is 74.2 Å². The topological polar surface area (TPSA) is 126 Å². The fourth-order valence-electron chi connectivity index (χ4n) is 3.96. The smallest absolute Gasteiger partial charge is 0.160 e. The Morgan fingerprint density at radius 2 is 2.18 bits per heavy atom. The minimum Gasteiger partial charge on any atom is -0.488 e. The number of aliphatic hydroxyl groups is 1. The van der Waals surface area contributed by atoms with Gasteiger partial charge in [0.15, 0.2) is 11.6 Å². The molecule has 4 rings (SSSR count). The number of anilines is 2. The van der Waals surface area contributed by atoms with Crippen LogP contribution in [0.3, 0.4) is 0 Å². The molecule has 34 heavy (non-hydrogen) atoms. The van der Waals surface area contributed by atoms with E-state index in [1.807, 2.05) is 38.2 Å². The summed E-state index contributed by atoms with van der Waals surface area (Å²) in [5, 5.41) is 17.4. The first-order valence-electron chi connectivity index (χ1n) is 11.4. The highest BCUT2D eigenvalue weighted by molar-refractivity contribution is 6.11. The van der Waals surface area contributed by atoms with E-state index in [0.717, 1.165) is 35.4 Å². The third-order valence-corrected chi connectivity index (χ3v) is 5.99. The molecule has 3 aromatic heterocycles. The zero-order valence-corrected chi connectivity index (χ0v) is 20.1. The molecule has 180 valence electrons. The van der Waals surface area contributed by atoms with Gasteiger partial charge in [-0.05, 0) is 39.3 Å². The Morgan fingerprint density at radius 1 is 1.35 bits per heavy atom. The first kappa shape index (κ1) is 23.7. The van der Waals surface area contributed by atoms with E-state index in [4.69, 9.17) is 10.5 Å². The Hall–Kier alpha value is -3.50. The number of aliphatic imine (C=N–C) groups is 1. The van der Waals surface area contributed by atoms with Gasteiger partial charge in [-0.3, -0.25) is 14.9 Å². The minimum absolute atomic E-state index is 0.266. The number of allylic oxidation sites excluding steroid dienone is 1. The molecule has 0 radical (unpaired) electrons. The number of hydrogen-bond acceptors (Lipinski definition) is 9. The number of hydrogen-bond donors (Lipinski definition) is 3. The second-order valence-corrected chi connectivity index (χ2v) is 8.57. The van der Waals surface area contributed by atoms with E-state index in [0.29, 0.717) is 36.3 Å². The van der Waals surface area contributed by atoms with Crippen LogP contribution in [0.15, 0.2) is 47.5 Å². The number of nitrogens with zero attached hydrogens (tertiary/aromatic N) is 6. The molecule has 3 aromatic rings. The molecule has 10 heteroatoms. The molecule has 0 saturated carbocycles. The molecule has 0 unspecified atom stereocenters. The van der Waals surface area contributed by atoms with Crippen molar-refractivity contribution in [1.29, 1.82) is 0 Å². The van der Waals surface area contributed by atoms with Crippen LogP contribution in [0.2, 0.25) is 0 Å². The van der Waals surface area contributed by atoms with Gasteiger partial charge in [0, 0.05) is 50.2 Å². The number of nitrogens with two attached hydrogens (primary N) is 1. The first-order chi connectivity index (χ1) is 16.4. The van der Waals surface area contributed by atoms with Crippen molar-refractivity contribution in [1.82, 2.24) is 24.5 Å². The van der Waals surface area contributed by atoms with E-state index in [1.54, 1.807) is 24.7 Å². The zero-order chi connectivity index (χ0) is 24.2. The number of nitrogens with one attached hydrogen (secondary N) is 1. The van der Waals surface area contributed by atoms with Crippen LogP contribution in [0.1, 0.15) is 30.3 Å². The SMILES string of the molecule is CN=C(/C(=C/N)OC[C@H]1CCN1C[C@H](C)O)c1ccn2nc(Nc3cnc(C)c(C)n3)cc2c1. The van der Waals surface area contributed by atoms with Crippen molar-refractivity contribution in [3.63, 3.8) is 0 Å². The molecule has 0 amide bonds. The number of aromatic nitrogens is 4. The van der Waals surface area contributed by atoms with Gasteiger partial charge >= 0.3 is 0 Å². The average Bonchev–Trinajstić information content (AvgIpc) is 3.20. The number of aryl methyl sites for hydroxylation is 2. The van der Waals surface area contributed by atoms with Gasteiger partial charge in [0.2, 0.25) is 0 Å². The molecule has 1 aliphatic heterocycles. The lowest BCUT2D eigenvalue weighted by Gasteiger charge is -2.41. The van der Waals surface area contributed by atoms with Crippen molar-refractivity contribution >= 4 is 22.9 Å². The Kier molecular flexibility index (Phi) is 7.09. The van der Waals surface area contributed by atoms with Gasteiger partial charge in [0.1, 0.15) is 18.1 Å². The van der Waals surface area contributed by atoms with Gasteiger partial charge in [-0.1, -0.05) is 0 Å². The fraction of sp³-hybridized carbons (Fsp3) is 0.417. The van der Waals surface area contributed by atoms with Gasteiger partial charge in [0.05, 0.1) is 29.2 Å². The number of ether oxygens (including phenoxy) is 1. The van der Waals surface area contributed by atoms with Crippen molar-refractivity contribution in [2.45, 2.75) is 39.3 Å².